The Labute approximate surface area is 138 Å². The summed E-state index contributed by atoms with van der Waals surface area (Å²) in [5.41, 5.74) is 2.80. The highest BCUT2D eigenvalue weighted by atomic mass is 16.5. The summed E-state index contributed by atoms with van der Waals surface area (Å²) >= 11 is 0. The Bertz CT molecular complexity index is 702. The number of ether oxygens (including phenoxy) is 1. The van der Waals surface area contributed by atoms with Crippen molar-refractivity contribution in [1.82, 2.24) is 0 Å². The van der Waals surface area contributed by atoms with Crippen LogP contribution < -0.4 is 0 Å². The van der Waals surface area contributed by atoms with Gasteiger partial charge in [0, 0.05) is 12.8 Å². The Balaban J connectivity index is 2.15. The minimum atomic E-state index is -0.159. The van der Waals surface area contributed by atoms with E-state index >= 15 is 0 Å². The number of benzene rings is 2. The lowest BCUT2D eigenvalue weighted by Gasteiger charge is -2.34. The van der Waals surface area contributed by atoms with Crippen molar-refractivity contribution in [3.8, 4) is 0 Å². The molecule has 0 unspecified atom stereocenters. The van der Waals surface area contributed by atoms with Crippen molar-refractivity contribution in [2.45, 2.75) is 64.4 Å². The lowest BCUT2D eigenvalue weighted by molar-refractivity contribution is -0.148. The van der Waals surface area contributed by atoms with Crippen molar-refractivity contribution < 1.29 is 9.53 Å². The molecule has 0 saturated heterocycles. The van der Waals surface area contributed by atoms with Gasteiger partial charge in [0.25, 0.3) is 0 Å². The van der Waals surface area contributed by atoms with E-state index in [1.165, 1.54) is 35.2 Å². The van der Waals surface area contributed by atoms with Gasteiger partial charge in [-0.2, -0.15) is 0 Å². The van der Waals surface area contributed by atoms with Gasteiger partial charge in [-0.1, -0.05) is 56.7 Å². The monoisotopic (exact) mass is 310 g/mol. The zero-order chi connectivity index (χ0) is 16.4. The molecule has 0 N–H and O–H groups in total. The number of hydrogen-bond acceptors (Lipinski definition) is 2. The largest absolute Gasteiger partial charge is 0.462 e. The van der Waals surface area contributed by atoms with Gasteiger partial charge in [-0.05, 0) is 47.1 Å². The molecule has 1 aliphatic carbocycles. The Kier molecular flexibility index (Phi) is 4.70. The Hall–Kier alpha value is -1.83. The number of rotatable bonds is 3. The maximum absolute atomic E-state index is 11.5. The maximum Gasteiger partial charge on any atom is 0.302 e. The van der Waals surface area contributed by atoms with Gasteiger partial charge in [0.15, 0.2) is 0 Å². The molecule has 0 aromatic heterocycles. The normalized spacial score (nSPS) is 21.6. The molecule has 2 atom stereocenters. The molecular formula is C21H26O2. The predicted octanol–water partition coefficient (Wildman–Crippen LogP) is 5.55. The summed E-state index contributed by atoms with van der Waals surface area (Å²) in [5.74, 6) is 0.624. The first-order valence-electron chi connectivity index (χ1n) is 8.76. The van der Waals surface area contributed by atoms with Crippen molar-refractivity contribution >= 4 is 16.7 Å². The second kappa shape index (κ2) is 6.74. The maximum atomic E-state index is 11.5. The fraction of sp³-hybridized carbons (Fsp3) is 0.476. The fourth-order valence-electron chi connectivity index (χ4n) is 4.01. The van der Waals surface area contributed by atoms with E-state index in [0.29, 0.717) is 11.8 Å². The van der Waals surface area contributed by atoms with Crippen LogP contribution in [0.4, 0.5) is 0 Å². The Morgan fingerprint density at radius 1 is 1.09 bits per heavy atom. The van der Waals surface area contributed by atoms with Crippen LogP contribution in [0.2, 0.25) is 0 Å². The molecule has 2 nitrogen and oxygen atoms in total. The molecule has 1 aliphatic rings. The zero-order valence-electron chi connectivity index (χ0n) is 14.3. The third-order valence-corrected chi connectivity index (χ3v) is 5.02. The van der Waals surface area contributed by atoms with Gasteiger partial charge < -0.3 is 4.74 Å². The molecule has 2 aromatic rings. The number of carbonyl (C=O) groups excluding carboxylic acids is 1. The van der Waals surface area contributed by atoms with Crippen molar-refractivity contribution in [2.24, 2.45) is 0 Å². The highest BCUT2D eigenvalue weighted by molar-refractivity contribution is 5.87. The molecule has 122 valence electrons. The summed E-state index contributed by atoms with van der Waals surface area (Å²) in [5, 5.41) is 2.60. The first kappa shape index (κ1) is 16.0. The highest BCUT2D eigenvalue weighted by Crippen LogP contribution is 2.42. The Morgan fingerprint density at radius 3 is 2.57 bits per heavy atom. The second-order valence-corrected chi connectivity index (χ2v) is 6.98. The van der Waals surface area contributed by atoms with Crippen molar-refractivity contribution in [1.29, 1.82) is 0 Å². The quantitative estimate of drug-likeness (QED) is 0.694. The van der Waals surface area contributed by atoms with E-state index in [2.05, 4.69) is 50.2 Å². The fourth-order valence-corrected chi connectivity index (χ4v) is 4.01. The van der Waals surface area contributed by atoms with Crippen LogP contribution in [0.5, 0.6) is 0 Å². The van der Waals surface area contributed by atoms with E-state index in [1.807, 2.05) is 0 Å². The molecule has 0 heterocycles. The number of hydrogen-bond donors (Lipinski definition) is 0. The minimum absolute atomic E-state index is 0.0181. The van der Waals surface area contributed by atoms with Gasteiger partial charge >= 0.3 is 5.97 Å². The zero-order valence-corrected chi connectivity index (χ0v) is 14.3. The highest BCUT2D eigenvalue weighted by Gasteiger charge is 2.32. The van der Waals surface area contributed by atoms with E-state index in [1.54, 1.807) is 0 Å². The first-order chi connectivity index (χ1) is 11.1. The summed E-state index contributed by atoms with van der Waals surface area (Å²) in [6.07, 6.45) is 4.46. The number of carbonyl (C=O) groups is 1. The average Bonchev–Trinajstić information content (AvgIpc) is 2.54. The molecule has 0 spiro atoms. The summed E-state index contributed by atoms with van der Waals surface area (Å²) in [7, 11) is 0. The molecule has 0 amide bonds. The van der Waals surface area contributed by atoms with Crippen LogP contribution in [-0.2, 0) is 9.53 Å². The molecular weight excluding hydrogens is 284 g/mol. The minimum Gasteiger partial charge on any atom is -0.462 e. The van der Waals surface area contributed by atoms with Gasteiger partial charge in [0.2, 0.25) is 0 Å². The van der Waals surface area contributed by atoms with Crippen molar-refractivity contribution in [3.63, 3.8) is 0 Å². The molecule has 3 rings (SSSR count). The van der Waals surface area contributed by atoms with E-state index in [9.17, 15) is 4.79 Å². The molecule has 2 heteroatoms. The molecule has 23 heavy (non-hydrogen) atoms. The summed E-state index contributed by atoms with van der Waals surface area (Å²) in [6, 6.07) is 13.1. The number of esters is 1. The molecule has 0 radical (unpaired) electrons. The lowest BCUT2D eigenvalue weighted by Crippen LogP contribution is -2.28. The number of fused-ring (bicyclic) bond motifs is 1. The van der Waals surface area contributed by atoms with E-state index in [-0.39, 0.29) is 12.1 Å². The third kappa shape index (κ3) is 3.26. The summed E-state index contributed by atoms with van der Waals surface area (Å²) in [6.45, 7) is 6.02. The van der Waals surface area contributed by atoms with Crippen molar-refractivity contribution in [3.05, 3.63) is 47.5 Å². The smallest absolute Gasteiger partial charge is 0.302 e. The topological polar surface area (TPSA) is 26.3 Å². The molecule has 1 saturated carbocycles. The molecule has 2 aromatic carbocycles. The first-order valence-corrected chi connectivity index (χ1v) is 8.76. The standard InChI is InChI=1S/C21H26O2/c1-14(2)17-13-12-16-8-4-5-9-18(16)21(17)19-10-6-7-11-20(19)23-15(3)22/h4-5,8-9,12-14,19-20H,6-7,10-11H2,1-3H3/t19-,20+/m1/s1. The summed E-state index contributed by atoms with van der Waals surface area (Å²) in [4.78, 5) is 11.5. The Morgan fingerprint density at radius 2 is 1.83 bits per heavy atom. The van der Waals surface area contributed by atoms with Crippen LogP contribution in [0.3, 0.4) is 0 Å². The van der Waals surface area contributed by atoms with Crippen molar-refractivity contribution in [2.75, 3.05) is 0 Å². The van der Waals surface area contributed by atoms with E-state index in [4.69, 9.17) is 4.74 Å². The third-order valence-electron chi connectivity index (χ3n) is 5.02. The van der Waals surface area contributed by atoms with Crippen LogP contribution in [0, 0.1) is 0 Å². The SMILES string of the molecule is CC(=O)O[C@H]1CCCC[C@H]1c1c(C(C)C)ccc2ccccc12. The van der Waals surface area contributed by atoms with Gasteiger partial charge in [0.1, 0.15) is 6.10 Å². The van der Waals surface area contributed by atoms with Gasteiger partial charge in [-0.25, -0.2) is 0 Å². The van der Waals surface area contributed by atoms with Gasteiger partial charge in [-0.3, -0.25) is 4.79 Å². The van der Waals surface area contributed by atoms with Crippen LogP contribution in [0.1, 0.15) is 69.4 Å². The molecule has 0 bridgehead atoms. The van der Waals surface area contributed by atoms with Crippen LogP contribution >= 0.6 is 0 Å². The van der Waals surface area contributed by atoms with E-state index in [0.717, 1.165) is 19.3 Å². The average molecular weight is 310 g/mol. The van der Waals surface area contributed by atoms with E-state index < -0.39 is 0 Å². The predicted molar refractivity (Wildman–Crippen MR) is 94.8 cm³/mol. The molecule has 1 fully saturated rings. The van der Waals surface area contributed by atoms with Gasteiger partial charge in [-0.15, -0.1) is 0 Å². The second-order valence-electron chi connectivity index (χ2n) is 6.98. The lowest BCUT2D eigenvalue weighted by atomic mass is 9.76. The molecule has 0 aliphatic heterocycles. The van der Waals surface area contributed by atoms with Crippen LogP contribution in [-0.4, -0.2) is 12.1 Å². The van der Waals surface area contributed by atoms with Crippen LogP contribution in [0.25, 0.3) is 10.8 Å². The van der Waals surface area contributed by atoms with Gasteiger partial charge in [0.05, 0.1) is 0 Å². The van der Waals surface area contributed by atoms with Crippen LogP contribution in [0.15, 0.2) is 36.4 Å². The summed E-state index contributed by atoms with van der Waals surface area (Å²) < 4.78 is 5.70.